The van der Waals surface area contributed by atoms with Crippen LogP contribution in [0.25, 0.3) is 0 Å². The van der Waals surface area contributed by atoms with Gasteiger partial charge in [0.1, 0.15) is 0 Å². The van der Waals surface area contributed by atoms with E-state index >= 15 is 0 Å². The number of hydrogen-bond donors (Lipinski definition) is 1. The quantitative estimate of drug-likeness (QED) is 0.721. The van der Waals surface area contributed by atoms with Gasteiger partial charge in [0.2, 0.25) is 15.9 Å². The molecule has 1 aliphatic heterocycles. The van der Waals surface area contributed by atoms with Crippen molar-refractivity contribution in [2.24, 2.45) is 5.73 Å². The molecule has 1 aliphatic rings. The first kappa shape index (κ1) is 14.4. The second-order valence-electron chi connectivity index (χ2n) is 4.36. The van der Waals surface area contributed by atoms with Crippen molar-refractivity contribution >= 4 is 15.9 Å². The molecule has 2 N–H and O–H groups in total. The first-order valence-electron chi connectivity index (χ1n) is 5.88. The Labute approximate surface area is 103 Å². The van der Waals surface area contributed by atoms with E-state index in [1.165, 1.54) is 4.31 Å². The molecule has 6 nitrogen and oxygen atoms in total. The van der Waals surface area contributed by atoms with Gasteiger partial charge in [-0.05, 0) is 13.8 Å². The van der Waals surface area contributed by atoms with Crippen LogP contribution in [0.2, 0.25) is 0 Å². The molecule has 1 rings (SSSR count). The Balaban J connectivity index is 2.49. The summed E-state index contributed by atoms with van der Waals surface area (Å²) in [5, 5.41) is 0. The monoisotopic (exact) mass is 263 g/mol. The lowest BCUT2D eigenvalue weighted by atomic mass is 10.2. The van der Waals surface area contributed by atoms with Crippen molar-refractivity contribution in [1.82, 2.24) is 9.21 Å². The molecule has 0 saturated carbocycles. The van der Waals surface area contributed by atoms with Crippen molar-refractivity contribution in [3.8, 4) is 0 Å². The van der Waals surface area contributed by atoms with Gasteiger partial charge in [0.05, 0.1) is 5.75 Å². The molecule has 1 atom stereocenters. The van der Waals surface area contributed by atoms with Crippen molar-refractivity contribution in [1.29, 1.82) is 0 Å². The highest BCUT2D eigenvalue weighted by molar-refractivity contribution is 7.89. The van der Waals surface area contributed by atoms with Gasteiger partial charge in [-0.2, -0.15) is 4.31 Å². The largest absolute Gasteiger partial charge is 0.340 e. The van der Waals surface area contributed by atoms with Crippen LogP contribution in [0, 0.1) is 0 Å². The second kappa shape index (κ2) is 5.79. The molecule has 0 aromatic rings. The molecule has 0 spiro atoms. The molecule has 0 bridgehead atoms. The first-order valence-corrected chi connectivity index (χ1v) is 7.49. The smallest absolute Gasteiger partial charge is 0.224 e. The Morgan fingerprint density at radius 1 is 1.29 bits per heavy atom. The average molecular weight is 263 g/mol. The molecule has 0 radical (unpaired) electrons. The molecule has 1 amide bonds. The van der Waals surface area contributed by atoms with Crippen molar-refractivity contribution in [2.45, 2.75) is 26.3 Å². The lowest BCUT2D eigenvalue weighted by molar-refractivity contribution is -0.132. The highest BCUT2D eigenvalue weighted by Gasteiger charge is 2.27. The van der Waals surface area contributed by atoms with Crippen LogP contribution in [0.1, 0.15) is 20.3 Å². The molecular weight excluding hydrogens is 242 g/mol. The third-order valence-electron chi connectivity index (χ3n) is 2.85. The molecule has 17 heavy (non-hydrogen) atoms. The van der Waals surface area contributed by atoms with E-state index in [0.717, 1.165) is 0 Å². The lowest BCUT2D eigenvalue weighted by Gasteiger charge is -2.34. The number of carbonyl (C=O) groups excluding carboxylic acids is 1. The van der Waals surface area contributed by atoms with Crippen molar-refractivity contribution in [3.05, 3.63) is 0 Å². The zero-order valence-electron chi connectivity index (χ0n) is 10.4. The number of rotatable bonds is 4. The first-order chi connectivity index (χ1) is 7.86. The van der Waals surface area contributed by atoms with Crippen LogP contribution in [-0.4, -0.2) is 61.5 Å². The molecule has 7 heteroatoms. The van der Waals surface area contributed by atoms with Crippen molar-refractivity contribution in [2.75, 3.05) is 31.9 Å². The summed E-state index contributed by atoms with van der Waals surface area (Å²) in [5.41, 5.74) is 5.56. The zero-order valence-corrected chi connectivity index (χ0v) is 11.2. The van der Waals surface area contributed by atoms with Gasteiger partial charge in [0.25, 0.3) is 0 Å². The molecular formula is C10H21N3O3S. The number of sulfonamides is 1. The third kappa shape index (κ3) is 3.93. The van der Waals surface area contributed by atoms with Crippen LogP contribution in [0.4, 0.5) is 0 Å². The van der Waals surface area contributed by atoms with E-state index in [1.807, 2.05) is 0 Å². The van der Waals surface area contributed by atoms with Gasteiger partial charge >= 0.3 is 0 Å². The van der Waals surface area contributed by atoms with Crippen LogP contribution < -0.4 is 5.73 Å². The summed E-state index contributed by atoms with van der Waals surface area (Å²) >= 11 is 0. The van der Waals surface area contributed by atoms with Crippen molar-refractivity contribution in [3.63, 3.8) is 0 Å². The summed E-state index contributed by atoms with van der Waals surface area (Å²) in [7, 11) is -3.12. The maximum atomic E-state index is 11.7. The maximum Gasteiger partial charge on any atom is 0.224 e. The number of piperazine rings is 1. The van der Waals surface area contributed by atoms with Crippen LogP contribution in [0.15, 0.2) is 0 Å². The zero-order chi connectivity index (χ0) is 13.1. The van der Waals surface area contributed by atoms with Gasteiger partial charge in [0.15, 0.2) is 0 Å². The van der Waals surface area contributed by atoms with Gasteiger partial charge in [-0.25, -0.2) is 8.42 Å². The summed E-state index contributed by atoms with van der Waals surface area (Å²) in [6.07, 6.45) is 0.320. The van der Waals surface area contributed by atoms with Crippen LogP contribution in [0.5, 0.6) is 0 Å². The number of carbonyl (C=O) groups is 1. The molecule has 0 aromatic carbocycles. The fourth-order valence-electron chi connectivity index (χ4n) is 1.80. The van der Waals surface area contributed by atoms with Gasteiger partial charge in [0, 0.05) is 38.6 Å². The standard InChI is InChI=1S/C10H21N3O3S/c1-3-17(15,16)13-6-4-12(5-7-13)10(14)8-9(2)11/h9H,3-8,11H2,1-2H3. The minimum atomic E-state index is -3.12. The van der Waals surface area contributed by atoms with E-state index in [-0.39, 0.29) is 17.7 Å². The molecule has 1 unspecified atom stereocenters. The fourth-order valence-corrected chi connectivity index (χ4v) is 2.89. The minimum absolute atomic E-state index is 0.00791. The lowest BCUT2D eigenvalue weighted by Crippen LogP contribution is -2.51. The molecule has 0 aliphatic carbocycles. The average Bonchev–Trinajstić information content (AvgIpc) is 2.28. The van der Waals surface area contributed by atoms with Gasteiger partial charge in [-0.1, -0.05) is 0 Å². The predicted octanol–water partition coefficient (Wildman–Crippen LogP) is -0.782. The summed E-state index contributed by atoms with van der Waals surface area (Å²) in [6, 6.07) is -0.153. The number of nitrogens with two attached hydrogens (primary N) is 1. The fraction of sp³-hybridized carbons (Fsp3) is 0.900. The molecule has 1 heterocycles. The van der Waals surface area contributed by atoms with Crippen molar-refractivity contribution < 1.29 is 13.2 Å². The maximum absolute atomic E-state index is 11.7. The summed E-state index contributed by atoms with van der Waals surface area (Å²) in [4.78, 5) is 13.4. The van der Waals surface area contributed by atoms with E-state index in [1.54, 1.807) is 18.7 Å². The minimum Gasteiger partial charge on any atom is -0.340 e. The number of hydrogen-bond acceptors (Lipinski definition) is 4. The highest BCUT2D eigenvalue weighted by Crippen LogP contribution is 2.09. The van der Waals surface area contributed by atoms with Gasteiger partial charge < -0.3 is 10.6 Å². The van der Waals surface area contributed by atoms with E-state index in [2.05, 4.69) is 0 Å². The highest BCUT2D eigenvalue weighted by atomic mass is 32.2. The molecule has 1 saturated heterocycles. The van der Waals surface area contributed by atoms with E-state index in [4.69, 9.17) is 5.73 Å². The van der Waals surface area contributed by atoms with E-state index < -0.39 is 10.0 Å². The molecule has 0 aromatic heterocycles. The Morgan fingerprint density at radius 3 is 2.24 bits per heavy atom. The molecule has 1 fully saturated rings. The van der Waals surface area contributed by atoms with Crippen LogP contribution in [-0.2, 0) is 14.8 Å². The normalized spacial score (nSPS) is 20.3. The van der Waals surface area contributed by atoms with Crippen LogP contribution >= 0.6 is 0 Å². The Hall–Kier alpha value is -0.660. The third-order valence-corrected chi connectivity index (χ3v) is 4.73. The van der Waals surface area contributed by atoms with Gasteiger partial charge in [-0.15, -0.1) is 0 Å². The second-order valence-corrected chi connectivity index (χ2v) is 6.62. The summed E-state index contributed by atoms with van der Waals surface area (Å²) in [6.45, 7) is 5.12. The van der Waals surface area contributed by atoms with E-state index in [0.29, 0.717) is 32.6 Å². The van der Waals surface area contributed by atoms with Crippen LogP contribution in [0.3, 0.4) is 0 Å². The van der Waals surface area contributed by atoms with E-state index in [9.17, 15) is 13.2 Å². The number of nitrogens with zero attached hydrogens (tertiary/aromatic N) is 2. The topological polar surface area (TPSA) is 83.7 Å². The Bertz CT molecular complexity index is 359. The molecule has 100 valence electrons. The summed E-state index contributed by atoms with van der Waals surface area (Å²) < 4.78 is 24.7. The Morgan fingerprint density at radius 2 is 1.82 bits per heavy atom. The summed E-state index contributed by atoms with van der Waals surface area (Å²) in [5.74, 6) is 0.120. The SMILES string of the molecule is CCS(=O)(=O)N1CCN(C(=O)CC(C)N)CC1. The Kier molecular flexibility index (Phi) is 4.91. The predicted molar refractivity (Wildman–Crippen MR) is 65.9 cm³/mol. The number of amides is 1. The van der Waals surface area contributed by atoms with Gasteiger partial charge in [-0.3, -0.25) is 4.79 Å².